The quantitative estimate of drug-likeness (QED) is 0.529. The van der Waals surface area contributed by atoms with Gasteiger partial charge >= 0.3 is 6.03 Å². The molecule has 0 aromatic rings. The fourth-order valence-electron chi connectivity index (χ4n) is 1.29. The lowest BCUT2D eigenvalue weighted by molar-refractivity contribution is 0.122. The van der Waals surface area contributed by atoms with Gasteiger partial charge in [0.05, 0.1) is 0 Å². The molecule has 1 unspecified atom stereocenters. The van der Waals surface area contributed by atoms with Gasteiger partial charge in [0.25, 0.3) is 0 Å². The summed E-state index contributed by atoms with van der Waals surface area (Å²) in [4.78, 5) is 13.8. The Morgan fingerprint density at radius 3 is 2.91 bits per heavy atom. The maximum atomic E-state index is 10.9. The van der Waals surface area contributed by atoms with Crippen molar-refractivity contribution in [3.8, 4) is 0 Å². The summed E-state index contributed by atoms with van der Waals surface area (Å²) in [7, 11) is 0. The molecular formula is C7H15N3O. The molecule has 1 atom stereocenters. The molecule has 2 amide bonds. The Labute approximate surface area is 71.2 Å². The van der Waals surface area contributed by atoms with Crippen LogP contribution in [-0.4, -0.2) is 48.5 Å². The molecule has 0 bridgehead atoms. The van der Waals surface area contributed by atoms with Crippen LogP contribution in [0.1, 0.15) is 11.0 Å². The van der Waals surface area contributed by atoms with E-state index in [9.17, 15) is 4.79 Å². The third-order valence-electron chi connectivity index (χ3n) is 1.91. The second kappa shape index (κ2) is 3.09. The number of nitrogens with zero attached hydrogens (tertiary/aromatic N) is 2. The van der Waals surface area contributed by atoms with E-state index >= 15 is 0 Å². The van der Waals surface area contributed by atoms with Crippen LogP contribution < -0.4 is 5.73 Å². The third kappa shape index (κ3) is 1.83. The second-order valence-electron chi connectivity index (χ2n) is 2.83. The van der Waals surface area contributed by atoms with Crippen molar-refractivity contribution in [3.05, 3.63) is 0 Å². The van der Waals surface area contributed by atoms with Crippen LogP contribution in [0, 0.1) is 0 Å². The summed E-state index contributed by atoms with van der Waals surface area (Å²) in [6.07, 6.45) is 0. The molecule has 4 nitrogen and oxygen atoms in total. The smallest absolute Gasteiger partial charge is 0.315 e. The molecule has 1 saturated heterocycles. The summed E-state index contributed by atoms with van der Waals surface area (Å²) in [5.41, 5.74) is 5.14. The molecule has 0 spiro atoms. The largest absolute Gasteiger partial charge is 0.351 e. The van der Waals surface area contributed by atoms with Gasteiger partial charge in [0, 0.05) is 29.8 Å². The Kier molecular flexibility index (Phi) is 1.40. The number of carbonyl (C=O) groups is 1. The molecule has 0 aliphatic carbocycles. The van der Waals surface area contributed by atoms with Gasteiger partial charge in [-0.25, -0.2) is 4.79 Å². The predicted octanol–water partition coefficient (Wildman–Crippen LogP) is -0.299. The van der Waals surface area contributed by atoms with Crippen LogP contribution in [0.4, 0.5) is 4.79 Å². The van der Waals surface area contributed by atoms with Gasteiger partial charge in [-0.1, -0.05) is 0 Å². The number of rotatable bonds is 0. The lowest BCUT2D eigenvalue weighted by atomic mass is 10.2. The van der Waals surface area contributed by atoms with Crippen LogP contribution in [0.3, 0.4) is 0 Å². The van der Waals surface area contributed by atoms with Crippen LogP contribution in [0.2, 0.25) is 0 Å². The Hall–Kier alpha value is -0.770. The highest BCUT2D eigenvalue weighted by molar-refractivity contribution is 5.72. The Balaban J connectivity index is 2.60. The van der Waals surface area contributed by atoms with Gasteiger partial charge in [-0.15, -0.1) is 0 Å². The van der Waals surface area contributed by atoms with Gasteiger partial charge < -0.3 is 15.5 Å². The predicted molar refractivity (Wildman–Crippen MR) is 43.2 cm³/mol. The van der Waals surface area contributed by atoms with Crippen molar-refractivity contribution in [2.24, 2.45) is 5.73 Å². The van der Waals surface area contributed by atoms with Crippen LogP contribution in [0.5, 0.6) is 0 Å². The average Bonchev–Trinajstić information content (AvgIpc) is 2.01. The number of primary amides is 1. The van der Waals surface area contributed by atoms with Crippen molar-refractivity contribution in [2.75, 3.05) is 26.6 Å². The topological polar surface area (TPSA) is 49.6 Å². The zero-order valence-corrected chi connectivity index (χ0v) is 6.58. The van der Waals surface area contributed by atoms with Gasteiger partial charge in [0.15, 0.2) is 0 Å². The first-order valence-electron chi connectivity index (χ1n) is 5.13. The monoisotopic (exact) mass is 160 g/mol. The molecule has 1 rings (SSSR count). The lowest BCUT2D eigenvalue weighted by Crippen LogP contribution is -2.54. The van der Waals surface area contributed by atoms with Crippen LogP contribution in [0.15, 0.2) is 0 Å². The molecule has 1 aliphatic rings. The average molecular weight is 160 g/mol. The van der Waals surface area contributed by atoms with E-state index in [1.54, 1.807) is 6.92 Å². The molecule has 0 radical (unpaired) electrons. The minimum absolute atomic E-state index is 0.137. The molecule has 4 heteroatoms. The van der Waals surface area contributed by atoms with Gasteiger partial charge in [-0.3, -0.25) is 0 Å². The fourth-order valence-corrected chi connectivity index (χ4v) is 1.29. The summed E-state index contributed by atoms with van der Waals surface area (Å²) in [5, 5.41) is 0. The third-order valence-corrected chi connectivity index (χ3v) is 1.91. The van der Waals surface area contributed by atoms with Crippen molar-refractivity contribution in [2.45, 2.75) is 13.0 Å². The SMILES string of the molecule is [2H]C([2H])([2H])N1CCN(C(N)=O)C(C)C1. The van der Waals surface area contributed by atoms with Crippen molar-refractivity contribution >= 4 is 6.03 Å². The summed E-state index contributed by atoms with van der Waals surface area (Å²) in [6.45, 7) is 0.804. The van der Waals surface area contributed by atoms with Gasteiger partial charge in [0.2, 0.25) is 0 Å². The first kappa shape index (κ1) is 4.98. The molecule has 0 aromatic heterocycles. The first-order valence-corrected chi connectivity index (χ1v) is 3.63. The maximum absolute atomic E-state index is 10.9. The normalized spacial score (nSPS) is 32.3. The Morgan fingerprint density at radius 1 is 1.73 bits per heavy atom. The molecule has 64 valence electrons. The highest BCUT2D eigenvalue weighted by Crippen LogP contribution is 2.06. The zero-order chi connectivity index (χ0) is 10.9. The number of amides is 2. The molecule has 11 heavy (non-hydrogen) atoms. The number of piperazine rings is 1. The van der Waals surface area contributed by atoms with Gasteiger partial charge in [-0.2, -0.15) is 0 Å². The summed E-state index contributed by atoms with van der Waals surface area (Å²) in [6, 6.07) is -0.621. The van der Waals surface area contributed by atoms with E-state index in [-0.39, 0.29) is 6.04 Å². The Morgan fingerprint density at radius 2 is 2.45 bits per heavy atom. The number of carbonyl (C=O) groups excluding carboxylic acids is 1. The second-order valence-corrected chi connectivity index (χ2v) is 2.83. The van der Waals surface area contributed by atoms with E-state index in [2.05, 4.69) is 0 Å². The molecule has 2 N–H and O–H groups in total. The minimum atomic E-state index is -2.07. The fraction of sp³-hybridized carbons (Fsp3) is 0.857. The maximum Gasteiger partial charge on any atom is 0.315 e. The van der Waals surface area contributed by atoms with Gasteiger partial charge in [-0.05, 0) is 13.9 Å². The van der Waals surface area contributed by atoms with Crippen molar-refractivity contribution in [1.29, 1.82) is 0 Å². The first-order chi connectivity index (χ1) is 6.32. The van der Waals surface area contributed by atoms with E-state index in [4.69, 9.17) is 9.85 Å². The van der Waals surface area contributed by atoms with Crippen LogP contribution in [0.25, 0.3) is 0 Å². The molecule has 1 aliphatic heterocycles. The number of urea groups is 1. The summed E-state index contributed by atoms with van der Waals surface area (Å²) >= 11 is 0. The van der Waals surface area contributed by atoms with E-state index in [0.29, 0.717) is 19.6 Å². The van der Waals surface area contributed by atoms with Crippen molar-refractivity contribution in [3.63, 3.8) is 0 Å². The van der Waals surface area contributed by atoms with Crippen molar-refractivity contribution < 1.29 is 8.91 Å². The summed E-state index contributed by atoms with van der Waals surface area (Å²) in [5.74, 6) is 0. The van der Waals surface area contributed by atoms with E-state index in [0.717, 1.165) is 0 Å². The Bertz CT molecular complexity index is 231. The number of hydrogen-bond acceptors (Lipinski definition) is 2. The summed E-state index contributed by atoms with van der Waals surface area (Å²) < 4.78 is 21.6. The number of nitrogens with two attached hydrogens (primary N) is 1. The molecule has 1 heterocycles. The number of likely N-dealkylation sites (N-methyl/N-ethyl adjacent to an activating group) is 1. The lowest BCUT2D eigenvalue weighted by Gasteiger charge is -2.36. The van der Waals surface area contributed by atoms with Crippen molar-refractivity contribution in [1.82, 2.24) is 9.80 Å². The molecule has 1 fully saturated rings. The van der Waals surface area contributed by atoms with E-state index in [1.165, 1.54) is 9.80 Å². The van der Waals surface area contributed by atoms with Crippen LogP contribution >= 0.6 is 0 Å². The highest BCUT2D eigenvalue weighted by Gasteiger charge is 2.23. The zero-order valence-electron chi connectivity index (χ0n) is 9.58. The van der Waals surface area contributed by atoms with Crippen LogP contribution in [-0.2, 0) is 0 Å². The van der Waals surface area contributed by atoms with E-state index < -0.39 is 13.0 Å². The standard InChI is InChI=1S/C7H15N3O/c1-6-5-9(2)3-4-10(6)7(8)11/h6H,3-5H2,1-2H3,(H2,8,11)/i2D3. The molecule has 0 saturated carbocycles. The highest BCUT2D eigenvalue weighted by atomic mass is 16.2. The number of hydrogen-bond donors (Lipinski definition) is 1. The molecular weight excluding hydrogens is 142 g/mol. The van der Waals surface area contributed by atoms with E-state index in [1.807, 2.05) is 0 Å². The minimum Gasteiger partial charge on any atom is -0.351 e. The molecule has 0 aromatic carbocycles. The van der Waals surface area contributed by atoms with Gasteiger partial charge in [0.1, 0.15) is 0 Å².